The van der Waals surface area contributed by atoms with Crippen molar-refractivity contribution in [1.82, 2.24) is 19.9 Å². The summed E-state index contributed by atoms with van der Waals surface area (Å²) in [6.45, 7) is 6.64. The molecule has 0 bridgehead atoms. The third-order valence-corrected chi connectivity index (χ3v) is 4.91. The Kier molecular flexibility index (Phi) is 3.70. The molecule has 1 amide bonds. The molecular weight excluding hydrogens is 296 g/mol. The predicted octanol–water partition coefficient (Wildman–Crippen LogP) is 2.81. The summed E-state index contributed by atoms with van der Waals surface area (Å²) in [5, 5.41) is 9.40. The van der Waals surface area contributed by atoms with Gasteiger partial charge in [-0.2, -0.15) is 5.10 Å². The molecule has 22 heavy (non-hydrogen) atoms. The summed E-state index contributed by atoms with van der Waals surface area (Å²) in [6, 6.07) is 5.92. The number of hydrogen-bond acceptors (Lipinski definition) is 4. The van der Waals surface area contributed by atoms with Gasteiger partial charge in [-0.3, -0.25) is 4.79 Å². The molecule has 114 valence electrons. The first kappa shape index (κ1) is 14.7. The molecule has 0 saturated carbocycles. The number of thiophene rings is 1. The van der Waals surface area contributed by atoms with Crippen molar-refractivity contribution < 1.29 is 4.79 Å². The van der Waals surface area contributed by atoms with E-state index in [9.17, 15) is 4.79 Å². The van der Waals surface area contributed by atoms with E-state index in [1.54, 1.807) is 34.3 Å². The first-order chi connectivity index (χ1) is 10.5. The third kappa shape index (κ3) is 2.62. The maximum atomic E-state index is 12.6. The van der Waals surface area contributed by atoms with Crippen LogP contribution >= 0.6 is 11.3 Å². The summed E-state index contributed by atoms with van der Waals surface area (Å²) in [6.07, 6.45) is 3.46. The Morgan fingerprint density at radius 1 is 1.41 bits per heavy atom. The van der Waals surface area contributed by atoms with E-state index < -0.39 is 0 Å². The number of rotatable bonds is 4. The SMILES string of the molecule is Cc1nn2cccnc2c1C(=O)NCC(C)(C)c1cccs1. The van der Waals surface area contributed by atoms with Gasteiger partial charge in [0.15, 0.2) is 5.65 Å². The van der Waals surface area contributed by atoms with Crippen molar-refractivity contribution in [2.75, 3.05) is 6.54 Å². The second-order valence-corrected chi connectivity index (χ2v) is 6.84. The molecule has 3 aromatic heterocycles. The number of nitrogens with zero attached hydrogens (tertiary/aromatic N) is 3. The summed E-state index contributed by atoms with van der Waals surface area (Å²) in [7, 11) is 0. The molecule has 0 aliphatic heterocycles. The molecule has 0 aliphatic rings. The molecule has 0 unspecified atom stereocenters. The van der Waals surface area contributed by atoms with Gasteiger partial charge in [-0.05, 0) is 24.4 Å². The molecule has 5 nitrogen and oxygen atoms in total. The van der Waals surface area contributed by atoms with Crippen molar-refractivity contribution in [3.05, 3.63) is 52.1 Å². The maximum Gasteiger partial charge on any atom is 0.257 e. The Labute approximate surface area is 133 Å². The van der Waals surface area contributed by atoms with E-state index in [1.807, 2.05) is 13.0 Å². The number of aryl methyl sites for hydroxylation is 1. The van der Waals surface area contributed by atoms with Crippen LogP contribution in [0.5, 0.6) is 0 Å². The van der Waals surface area contributed by atoms with Crippen molar-refractivity contribution in [2.24, 2.45) is 0 Å². The zero-order chi connectivity index (χ0) is 15.7. The normalized spacial score (nSPS) is 11.8. The van der Waals surface area contributed by atoms with Gasteiger partial charge in [0, 0.05) is 29.2 Å². The van der Waals surface area contributed by atoms with E-state index in [1.165, 1.54) is 4.88 Å². The fourth-order valence-corrected chi connectivity index (χ4v) is 3.25. The number of aromatic nitrogens is 3. The fraction of sp³-hybridized carbons (Fsp3) is 0.312. The minimum absolute atomic E-state index is 0.103. The van der Waals surface area contributed by atoms with Crippen LogP contribution in [0.4, 0.5) is 0 Å². The van der Waals surface area contributed by atoms with Crippen LogP contribution in [0.1, 0.15) is 34.8 Å². The molecule has 3 heterocycles. The lowest BCUT2D eigenvalue weighted by molar-refractivity contribution is 0.0946. The highest BCUT2D eigenvalue weighted by molar-refractivity contribution is 7.10. The van der Waals surface area contributed by atoms with Gasteiger partial charge in [0.05, 0.1) is 5.69 Å². The van der Waals surface area contributed by atoms with Gasteiger partial charge >= 0.3 is 0 Å². The quantitative estimate of drug-likeness (QED) is 0.805. The largest absolute Gasteiger partial charge is 0.351 e. The van der Waals surface area contributed by atoms with Gasteiger partial charge in [0.2, 0.25) is 0 Å². The summed E-state index contributed by atoms with van der Waals surface area (Å²) >= 11 is 1.70. The van der Waals surface area contributed by atoms with Gasteiger partial charge in [-0.1, -0.05) is 19.9 Å². The third-order valence-electron chi connectivity index (χ3n) is 3.68. The Balaban J connectivity index is 1.81. The highest BCUT2D eigenvalue weighted by atomic mass is 32.1. The molecule has 0 aliphatic carbocycles. The first-order valence-corrected chi connectivity index (χ1v) is 7.99. The van der Waals surface area contributed by atoms with Crippen LogP contribution in [0.25, 0.3) is 5.65 Å². The number of hydrogen-bond donors (Lipinski definition) is 1. The van der Waals surface area contributed by atoms with E-state index in [2.05, 4.69) is 40.7 Å². The second kappa shape index (κ2) is 5.53. The van der Waals surface area contributed by atoms with E-state index in [0.29, 0.717) is 23.4 Å². The fourth-order valence-electron chi connectivity index (χ4n) is 2.40. The predicted molar refractivity (Wildman–Crippen MR) is 87.4 cm³/mol. The van der Waals surface area contributed by atoms with E-state index in [4.69, 9.17) is 0 Å². The van der Waals surface area contributed by atoms with Crippen LogP contribution in [0.15, 0.2) is 36.0 Å². The van der Waals surface area contributed by atoms with E-state index in [0.717, 1.165) is 0 Å². The Bertz CT molecular complexity index is 805. The van der Waals surface area contributed by atoms with Gasteiger partial charge in [0.1, 0.15) is 5.56 Å². The highest BCUT2D eigenvalue weighted by Crippen LogP contribution is 2.26. The molecule has 0 atom stereocenters. The lowest BCUT2D eigenvalue weighted by Gasteiger charge is -2.23. The molecule has 0 radical (unpaired) electrons. The molecule has 0 saturated heterocycles. The summed E-state index contributed by atoms with van der Waals surface area (Å²) in [4.78, 5) is 18.1. The number of amides is 1. The van der Waals surface area contributed by atoms with E-state index in [-0.39, 0.29) is 11.3 Å². The zero-order valence-electron chi connectivity index (χ0n) is 12.8. The van der Waals surface area contributed by atoms with Gasteiger partial charge in [-0.25, -0.2) is 9.50 Å². The number of nitrogens with one attached hydrogen (secondary N) is 1. The minimum atomic E-state index is -0.129. The molecule has 6 heteroatoms. The lowest BCUT2D eigenvalue weighted by atomic mass is 9.91. The average Bonchev–Trinajstić information content (AvgIpc) is 3.12. The number of carbonyl (C=O) groups is 1. The zero-order valence-corrected chi connectivity index (χ0v) is 13.6. The molecule has 1 N–H and O–H groups in total. The summed E-state index contributed by atoms with van der Waals surface area (Å²) < 4.78 is 1.63. The van der Waals surface area contributed by atoms with Crippen LogP contribution in [0.2, 0.25) is 0 Å². The van der Waals surface area contributed by atoms with Gasteiger partial charge in [0.25, 0.3) is 5.91 Å². The van der Waals surface area contributed by atoms with Gasteiger partial charge < -0.3 is 5.32 Å². The summed E-state index contributed by atoms with van der Waals surface area (Å²) in [5.74, 6) is -0.129. The van der Waals surface area contributed by atoms with Crippen LogP contribution in [-0.4, -0.2) is 27.0 Å². The molecule has 3 rings (SSSR count). The average molecular weight is 314 g/mol. The highest BCUT2D eigenvalue weighted by Gasteiger charge is 2.24. The van der Waals surface area contributed by atoms with Gasteiger partial charge in [-0.15, -0.1) is 11.3 Å². The number of carbonyl (C=O) groups excluding carboxylic acids is 1. The smallest absolute Gasteiger partial charge is 0.257 e. The summed E-state index contributed by atoms with van der Waals surface area (Å²) in [5.41, 5.74) is 1.72. The van der Waals surface area contributed by atoms with Crippen molar-refractivity contribution >= 4 is 22.9 Å². The monoisotopic (exact) mass is 314 g/mol. The van der Waals surface area contributed by atoms with E-state index >= 15 is 0 Å². The minimum Gasteiger partial charge on any atom is -0.351 e. The van der Waals surface area contributed by atoms with Crippen molar-refractivity contribution in [2.45, 2.75) is 26.2 Å². The molecule has 0 spiro atoms. The number of fused-ring (bicyclic) bond motifs is 1. The Morgan fingerprint density at radius 2 is 2.23 bits per heavy atom. The van der Waals surface area contributed by atoms with Crippen LogP contribution in [-0.2, 0) is 5.41 Å². The van der Waals surface area contributed by atoms with Crippen molar-refractivity contribution in [3.63, 3.8) is 0 Å². The second-order valence-electron chi connectivity index (χ2n) is 5.89. The molecule has 0 fully saturated rings. The van der Waals surface area contributed by atoms with Crippen molar-refractivity contribution in [3.8, 4) is 0 Å². The first-order valence-electron chi connectivity index (χ1n) is 7.11. The van der Waals surface area contributed by atoms with Crippen LogP contribution in [0, 0.1) is 6.92 Å². The standard InChI is InChI=1S/C16H18N4OS/c1-11-13(14-17-7-5-8-20(14)19-11)15(21)18-10-16(2,3)12-6-4-9-22-12/h4-9H,10H2,1-3H3,(H,18,21). The Morgan fingerprint density at radius 3 is 2.95 bits per heavy atom. The maximum absolute atomic E-state index is 12.6. The lowest BCUT2D eigenvalue weighted by Crippen LogP contribution is -2.36. The Hall–Kier alpha value is -2.21. The topological polar surface area (TPSA) is 59.3 Å². The molecule has 3 aromatic rings. The van der Waals surface area contributed by atoms with Crippen molar-refractivity contribution in [1.29, 1.82) is 0 Å². The molecular formula is C16H18N4OS. The molecule has 0 aromatic carbocycles. The van der Waals surface area contributed by atoms with Crippen LogP contribution < -0.4 is 5.32 Å². The van der Waals surface area contributed by atoms with Crippen LogP contribution in [0.3, 0.4) is 0 Å².